The van der Waals surface area contributed by atoms with E-state index in [1.165, 1.54) is 12.8 Å². The molecule has 18 heavy (non-hydrogen) atoms. The molecule has 2 aliphatic heterocycles. The summed E-state index contributed by atoms with van der Waals surface area (Å²) < 4.78 is 0. The second kappa shape index (κ2) is 5.26. The monoisotopic (exact) mass is 253 g/mol. The van der Waals surface area contributed by atoms with Gasteiger partial charge in [0.1, 0.15) is 6.04 Å². The van der Waals surface area contributed by atoms with Crippen molar-refractivity contribution in [3.63, 3.8) is 0 Å². The average molecular weight is 253 g/mol. The fourth-order valence-corrected chi connectivity index (χ4v) is 2.76. The molecular weight excluding hydrogens is 230 g/mol. The average Bonchev–Trinajstić information content (AvgIpc) is 2.73. The van der Waals surface area contributed by atoms with Crippen LogP contribution in [0.5, 0.6) is 0 Å². The fourth-order valence-electron chi connectivity index (χ4n) is 2.76. The van der Waals surface area contributed by atoms with Crippen molar-refractivity contribution in [1.29, 1.82) is 0 Å². The summed E-state index contributed by atoms with van der Waals surface area (Å²) in [4.78, 5) is 23.0. The summed E-state index contributed by atoms with van der Waals surface area (Å²) in [5.74, 6) is -0.0738. The maximum atomic E-state index is 11.9. The van der Waals surface area contributed by atoms with Gasteiger partial charge in [0.05, 0.1) is 0 Å². The van der Waals surface area contributed by atoms with Crippen LogP contribution in [0.25, 0.3) is 0 Å². The molecule has 0 saturated carbocycles. The molecule has 2 atom stereocenters. The van der Waals surface area contributed by atoms with Crippen molar-refractivity contribution in [1.82, 2.24) is 16.0 Å². The smallest absolute Gasteiger partial charge is 0.242 e. The molecule has 2 saturated heterocycles. The summed E-state index contributed by atoms with van der Waals surface area (Å²) in [5, 5.41) is 9.11. The molecule has 2 unspecified atom stereocenters. The molecule has 0 spiro atoms. The van der Waals surface area contributed by atoms with Crippen LogP contribution in [0.3, 0.4) is 0 Å². The Kier molecular flexibility index (Phi) is 3.90. The number of hydrogen-bond acceptors (Lipinski definition) is 3. The van der Waals surface area contributed by atoms with Crippen molar-refractivity contribution < 1.29 is 9.59 Å². The molecule has 2 rings (SSSR count). The van der Waals surface area contributed by atoms with E-state index in [0.717, 1.165) is 6.54 Å². The first-order valence-corrected chi connectivity index (χ1v) is 6.79. The summed E-state index contributed by atoms with van der Waals surface area (Å²) in [6, 6.07) is -0.0171. The van der Waals surface area contributed by atoms with E-state index in [0.29, 0.717) is 25.4 Å². The lowest BCUT2D eigenvalue weighted by atomic mass is 9.77. The van der Waals surface area contributed by atoms with Gasteiger partial charge in [-0.3, -0.25) is 9.59 Å². The molecule has 2 fully saturated rings. The second-order valence-electron chi connectivity index (χ2n) is 6.00. The molecule has 0 aromatic carbocycles. The van der Waals surface area contributed by atoms with Gasteiger partial charge in [0.15, 0.2) is 0 Å². The van der Waals surface area contributed by atoms with Crippen LogP contribution in [0.1, 0.15) is 39.5 Å². The van der Waals surface area contributed by atoms with Crippen LogP contribution in [-0.2, 0) is 9.59 Å². The van der Waals surface area contributed by atoms with Gasteiger partial charge in [-0.1, -0.05) is 13.8 Å². The third-order valence-electron chi connectivity index (χ3n) is 4.12. The minimum Gasteiger partial charge on any atom is -0.353 e. The van der Waals surface area contributed by atoms with Gasteiger partial charge in [0.25, 0.3) is 0 Å². The molecule has 0 bridgehead atoms. The van der Waals surface area contributed by atoms with E-state index >= 15 is 0 Å². The van der Waals surface area contributed by atoms with Gasteiger partial charge in [0, 0.05) is 19.0 Å². The molecule has 102 valence electrons. The van der Waals surface area contributed by atoms with Crippen LogP contribution in [0, 0.1) is 5.41 Å². The lowest BCUT2D eigenvalue weighted by Gasteiger charge is -2.39. The maximum Gasteiger partial charge on any atom is 0.242 e. The third-order valence-corrected chi connectivity index (χ3v) is 4.12. The minimum atomic E-state index is -0.329. The summed E-state index contributed by atoms with van der Waals surface area (Å²) in [7, 11) is 0. The SMILES string of the molecule is CC1(C)CCCNC1CNC(=O)C1CCC(=O)N1. The van der Waals surface area contributed by atoms with Crippen LogP contribution < -0.4 is 16.0 Å². The van der Waals surface area contributed by atoms with Crippen molar-refractivity contribution in [3.05, 3.63) is 0 Å². The number of hydrogen-bond donors (Lipinski definition) is 3. The van der Waals surface area contributed by atoms with Gasteiger partial charge in [-0.25, -0.2) is 0 Å². The fraction of sp³-hybridized carbons (Fsp3) is 0.846. The first kappa shape index (κ1) is 13.3. The summed E-state index contributed by atoms with van der Waals surface area (Å²) in [5.41, 5.74) is 0.213. The number of amides is 2. The second-order valence-corrected chi connectivity index (χ2v) is 6.00. The standard InChI is InChI=1S/C13H23N3O2/c1-13(2)6-3-7-14-10(13)8-15-12(18)9-4-5-11(17)16-9/h9-10,14H,3-8H2,1-2H3,(H,15,18)(H,16,17). The highest BCUT2D eigenvalue weighted by Crippen LogP contribution is 2.29. The summed E-state index contributed by atoms with van der Waals surface area (Å²) in [6.45, 7) is 6.11. The summed E-state index contributed by atoms with van der Waals surface area (Å²) >= 11 is 0. The van der Waals surface area contributed by atoms with Crippen molar-refractivity contribution in [3.8, 4) is 0 Å². The number of carbonyl (C=O) groups excluding carboxylic acids is 2. The van der Waals surface area contributed by atoms with E-state index in [4.69, 9.17) is 0 Å². The molecule has 2 heterocycles. The number of piperidine rings is 1. The molecule has 5 nitrogen and oxygen atoms in total. The van der Waals surface area contributed by atoms with Crippen LogP contribution in [0.4, 0.5) is 0 Å². The van der Waals surface area contributed by atoms with Gasteiger partial charge in [-0.05, 0) is 31.2 Å². The maximum absolute atomic E-state index is 11.9. The zero-order chi connectivity index (χ0) is 13.2. The Morgan fingerprint density at radius 3 is 2.89 bits per heavy atom. The van der Waals surface area contributed by atoms with Gasteiger partial charge in [-0.15, -0.1) is 0 Å². The van der Waals surface area contributed by atoms with Crippen LogP contribution in [0.15, 0.2) is 0 Å². The Morgan fingerprint density at radius 2 is 2.28 bits per heavy atom. The minimum absolute atomic E-state index is 0.0220. The molecule has 0 aromatic rings. The highest BCUT2D eigenvalue weighted by atomic mass is 16.2. The first-order chi connectivity index (χ1) is 8.49. The molecule has 0 radical (unpaired) electrons. The Balaban J connectivity index is 1.80. The predicted octanol–water partition coefficient (Wildman–Crippen LogP) is 0.159. The number of rotatable bonds is 3. The van der Waals surface area contributed by atoms with Crippen LogP contribution >= 0.6 is 0 Å². The van der Waals surface area contributed by atoms with E-state index < -0.39 is 0 Å². The molecule has 0 aliphatic carbocycles. The third kappa shape index (κ3) is 3.02. The quantitative estimate of drug-likeness (QED) is 0.671. The number of carbonyl (C=O) groups is 2. The Morgan fingerprint density at radius 1 is 1.50 bits per heavy atom. The topological polar surface area (TPSA) is 70.2 Å². The molecule has 0 aromatic heterocycles. The highest BCUT2D eigenvalue weighted by Gasteiger charge is 2.33. The largest absolute Gasteiger partial charge is 0.353 e. The Labute approximate surface area is 108 Å². The van der Waals surface area contributed by atoms with Crippen molar-refractivity contribution in [2.24, 2.45) is 5.41 Å². The lowest BCUT2D eigenvalue weighted by Crippen LogP contribution is -2.54. The van der Waals surface area contributed by atoms with E-state index in [2.05, 4.69) is 29.8 Å². The van der Waals surface area contributed by atoms with Crippen LogP contribution in [-0.4, -0.2) is 37.0 Å². The van der Waals surface area contributed by atoms with Gasteiger partial charge in [0.2, 0.25) is 11.8 Å². The summed E-state index contributed by atoms with van der Waals surface area (Å²) in [6.07, 6.45) is 3.45. The Hall–Kier alpha value is -1.10. The molecular formula is C13H23N3O2. The van der Waals surface area contributed by atoms with E-state index in [-0.39, 0.29) is 23.3 Å². The van der Waals surface area contributed by atoms with E-state index in [9.17, 15) is 9.59 Å². The molecule has 3 N–H and O–H groups in total. The van der Waals surface area contributed by atoms with Crippen molar-refractivity contribution >= 4 is 11.8 Å². The normalized spacial score (nSPS) is 30.9. The molecule has 2 amide bonds. The van der Waals surface area contributed by atoms with E-state index in [1.54, 1.807) is 0 Å². The van der Waals surface area contributed by atoms with Gasteiger partial charge >= 0.3 is 0 Å². The Bertz CT molecular complexity index is 341. The zero-order valence-corrected chi connectivity index (χ0v) is 11.2. The predicted molar refractivity (Wildman–Crippen MR) is 69.0 cm³/mol. The molecule has 5 heteroatoms. The molecule has 2 aliphatic rings. The number of nitrogens with one attached hydrogen (secondary N) is 3. The van der Waals surface area contributed by atoms with E-state index in [1.807, 2.05) is 0 Å². The zero-order valence-electron chi connectivity index (χ0n) is 11.2. The van der Waals surface area contributed by atoms with Crippen molar-refractivity contribution in [2.45, 2.75) is 51.6 Å². The van der Waals surface area contributed by atoms with Gasteiger partial charge < -0.3 is 16.0 Å². The first-order valence-electron chi connectivity index (χ1n) is 6.79. The van der Waals surface area contributed by atoms with Crippen molar-refractivity contribution in [2.75, 3.05) is 13.1 Å². The lowest BCUT2D eigenvalue weighted by molar-refractivity contribution is -0.125. The van der Waals surface area contributed by atoms with Gasteiger partial charge in [-0.2, -0.15) is 0 Å². The van der Waals surface area contributed by atoms with Crippen LogP contribution in [0.2, 0.25) is 0 Å². The highest BCUT2D eigenvalue weighted by molar-refractivity contribution is 5.90.